The van der Waals surface area contributed by atoms with Gasteiger partial charge in [-0.3, -0.25) is 0 Å². The van der Waals surface area contributed by atoms with Crippen LogP contribution < -0.4 is 5.73 Å². The number of aliphatic imine (C=N–C) groups is 1. The molecule has 2 aliphatic rings. The Morgan fingerprint density at radius 3 is 2.55 bits per heavy atom. The summed E-state index contributed by atoms with van der Waals surface area (Å²) in [4.78, 5) is 4.64. The molecule has 3 N–H and O–H groups in total. The normalized spacial score (nSPS) is 23.0. The number of hydrogen-bond donors (Lipinski definition) is 2. The van der Waals surface area contributed by atoms with E-state index in [1.165, 1.54) is 6.42 Å². The molecule has 1 aromatic rings. The Labute approximate surface area is 132 Å². The number of rotatable bonds is 3. The molecule has 0 aromatic heterocycles. The van der Waals surface area contributed by atoms with Crippen LogP contribution in [-0.2, 0) is 16.9 Å². The summed E-state index contributed by atoms with van der Waals surface area (Å²) >= 11 is 0. The molecule has 1 fully saturated rings. The third kappa shape index (κ3) is 2.90. The average molecular weight is 302 g/mol. The van der Waals surface area contributed by atoms with Crippen LogP contribution in [0.1, 0.15) is 62.6 Å². The first kappa shape index (κ1) is 15.5. The molecule has 0 bridgehead atoms. The van der Waals surface area contributed by atoms with Gasteiger partial charge in [0.1, 0.15) is 6.61 Å². The van der Waals surface area contributed by atoms with Crippen molar-refractivity contribution in [1.82, 2.24) is 0 Å². The minimum absolute atomic E-state index is 0.179. The van der Waals surface area contributed by atoms with Gasteiger partial charge >= 0.3 is 0 Å². The second-order valence-corrected chi connectivity index (χ2v) is 7.19. The molecule has 120 valence electrons. The molecule has 0 saturated heterocycles. The fraction of sp³-hybridized carbons (Fsp3) is 0.611. The second kappa shape index (κ2) is 5.67. The van der Waals surface area contributed by atoms with Gasteiger partial charge in [0.25, 0.3) is 0 Å². The third-order valence-electron chi connectivity index (χ3n) is 4.74. The van der Waals surface area contributed by atoms with Crippen molar-refractivity contribution >= 4 is 5.90 Å². The van der Waals surface area contributed by atoms with Crippen LogP contribution in [0.15, 0.2) is 23.2 Å². The molecule has 1 aliphatic carbocycles. The van der Waals surface area contributed by atoms with Crippen LogP contribution in [0.2, 0.25) is 0 Å². The molecule has 4 nitrogen and oxygen atoms in total. The number of aliphatic hydroxyl groups is 1. The summed E-state index contributed by atoms with van der Waals surface area (Å²) in [6, 6.07) is 6.05. The van der Waals surface area contributed by atoms with Crippen LogP contribution in [0.25, 0.3) is 0 Å². The zero-order chi connectivity index (χ0) is 15.8. The zero-order valence-corrected chi connectivity index (χ0v) is 13.6. The summed E-state index contributed by atoms with van der Waals surface area (Å²) in [5.41, 5.74) is 7.99. The van der Waals surface area contributed by atoms with Crippen molar-refractivity contribution in [2.24, 2.45) is 10.7 Å². The van der Waals surface area contributed by atoms with Gasteiger partial charge in [0.2, 0.25) is 5.90 Å². The van der Waals surface area contributed by atoms with Crippen molar-refractivity contribution in [2.75, 3.05) is 6.61 Å². The van der Waals surface area contributed by atoms with Crippen LogP contribution in [-0.4, -0.2) is 23.2 Å². The molecule has 1 saturated carbocycles. The van der Waals surface area contributed by atoms with E-state index in [9.17, 15) is 5.11 Å². The molecule has 0 atom stereocenters. The van der Waals surface area contributed by atoms with Gasteiger partial charge in [0, 0.05) is 12.1 Å². The summed E-state index contributed by atoms with van der Waals surface area (Å²) in [6.07, 6.45) is 5.05. The third-order valence-corrected chi connectivity index (χ3v) is 4.74. The van der Waals surface area contributed by atoms with E-state index in [-0.39, 0.29) is 5.54 Å². The average Bonchev–Trinajstić information content (AvgIpc) is 2.87. The van der Waals surface area contributed by atoms with E-state index in [0.29, 0.717) is 19.0 Å². The van der Waals surface area contributed by atoms with Gasteiger partial charge in [-0.05, 0) is 43.9 Å². The predicted molar refractivity (Wildman–Crippen MR) is 87.9 cm³/mol. The fourth-order valence-corrected chi connectivity index (χ4v) is 3.41. The second-order valence-electron chi connectivity index (χ2n) is 7.19. The lowest BCUT2D eigenvalue weighted by atomic mass is 9.79. The van der Waals surface area contributed by atoms with Gasteiger partial charge in [0.05, 0.1) is 11.1 Å². The van der Waals surface area contributed by atoms with Gasteiger partial charge in [-0.2, -0.15) is 0 Å². The van der Waals surface area contributed by atoms with E-state index in [1.54, 1.807) is 0 Å². The van der Waals surface area contributed by atoms with Crippen LogP contribution >= 0.6 is 0 Å². The largest absolute Gasteiger partial charge is 0.475 e. The maximum Gasteiger partial charge on any atom is 0.217 e. The Morgan fingerprint density at radius 1 is 1.23 bits per heavy atom. The highest BCUT2D eigenvalue weighted by atomic mass is 16.5. The van der Waals surface area contributed by atoms with Crippen molar-refractivity contribution in [3.05, 3.63) is 34.9 Å². The predicted octanol–water partition coefficient (Wildman–Crippen LogP) is 2.85. The highest BCUT2D eigenvalue weighted by molar-refractivity contribution is 5.97. The number of nitrogens with two attached hydrogens (primary N) is 1. The van der Waals surface area contributed by atoms with E-state index < -0.39 is 5.60 Å². The van der Waals surface area contributed by atoms with E-state index in [1.807, 2.05) is 18.2 Å². The Hall–Kier alpha value is -1.39. The van der Waals surface area contributed by atoms with Crippen LogP contribution in [0.3, 0.4) is 0 Å². The van der Waals surface area contributed by atoms with E-state index >= 15 is 0 Å². The molecule has 0 radical (unpaired) electrons. The van der Waals surface area contributed by atoms with Gasteiger partial charge in [-0.1, -0.05) is 31.4 Å². The number of benzene rings is 1. The standard InChI is InChI=1S/C18H26N2O2/c1-17(2)12-22-16(20-17)15-7-6-14(10-13(15)11-19)18(21)8-4-3-5-9-18/h6-7,10,21H,3-5,8-9,11-12,19H2,1-2H3. The molecule has 1 heterocycles. The topological polar surface area (TPSA) is 67.8 Å². The Kier molecular flexibility index (Phi) is 4.00. The number of nitrogens with zero attached hydrogens (tertiary/aromatic N) is 1. The first-order valence-corrected chi connectivity index (χ1v) is 8.22. The van der Waals surface area contributed by atoms with Crippen molar-refractivity contribution in [3.8, 4) is 0 Å². The molecule has 1 aliphatic heterocycles. The molecule has 4 heteroatoms. The summed E-state index contributed by atoms with van der Waals surface area (Å²) in [5.74, 6) is 0.674. The highest BCUT2D eigenvalue weighted by Gasteiger charge is 2.33. The van der Waals surface area contributed by atoms with Crippen LogP contribution in [0.4, 0.5) is 0 Å². The molecule has 3 rings (SSSR count). The first-order valence-electron chi connectivity index (χ1n) is 8.22. The summed E-state index contributed by atoms with van der Waals surface area (Å²) in [7, 11) is 0. The van der Waals surface area contributed by atoms with Gasteiger partial charge in [-0.25, -0.2) is 4.99 Å². The Bertz CT molecular complexity index is 587. The molecular formula is C18H26N2O2. The zero-order valence-electron chi connectivity index (χ0n) is 13.6. The van der Waals surface area contributed by atoms with Crippen molar-refractivity contribution in [1.29, 1.82) is 0 Å². The lowest BCUT2D eigenvalue weighted by Crippen LogP contribution is -2.29. The monoisotopic (exact) mass is 302 g/mol. The molecule has 0 spiro atoms. The minimum atomic E-state index is -0.696. The van der Waals surface area contributed by atoms with E-state index in [4.69, 9.17) is 10.5 Å². The smallest absolute Gasteiger partial charge is 0.217 e. The molecular weight excluding hydrogens is 276 g/mol. The Balaban J connectivity index is 1.95. The number of ether oxygens (including phenoxy) is 1. The van der Waals surface area contributed by atoms with Crippen molar-refractivity contribution in [3.63, 3.8) is 0 Å². The van der Waals surface area contributed by atoms with E-state index in [0.717, 1.165) is 42.4 Å². The first-order chi connectivity index (χ1) is 10.4. The minimum Gasteiger partial charge on any atom is -0.475 e. The summed E-state index contributed by atoms with van der Waals surface area (Å²) < 4.78 is 5.74. The molecule has 0 amide bonds. The van der Waals surface area contributed by atoms with Crippen molar-refractivity contribution in [2.45, 2.75) is 63.6 Å². The van der Waals surface area contributed by atoms with Crippen LogP contribution in [0.5, 0.6) is 0 Å². The maximum absolute atomic E-state index is 10.9. The summed E-state index contributed by atoms with van der Waals surface area (Å²) in [5, 5.41) is 10.9. The SMILES string of the molecule is CC1(C)COC(c2ccc(C3(O)CCCCC3)cc2CN)=N1. The van der Waals surface area contributed by atoms with E-state index in [2.05, 4.69) is 18.8 Å². The maximum atomic E-state index is 10.9. The Morgan fingerprint density at radius 2 is 1.95 bits per heavy atom. The van der Waals surface area contributed by atoms with Crippen LogP contribution in [0, 0.1) is 0 Å². The molecule has 0 unspecified atom stereocenters. The van der Waals surface area contributed by atoms with Gasteiger partial charge < -0.3 is 15.6 Å². The highest BCUT2D eigenvalue weighted by Crippen LogP contribution is 2.37. The fourth-order valence-electron chi connectivity index (χ4n) is 3.41. The lowest BCUT2D eigenvalue weighted by Gasteiger charge is -2.33. The quantitative estimate of drug-likeness (QED) is 0.902. The van der Waals surface area contributed by atoms with Gasteiger partial charge in [-0.15, -0.1) is 0 Å². The summed E-state index contributed by atoms with van der Waals surface area (Å²) in [6.45, 7) is 5.13. The molecule has 22 heavy (non-hydrogen) atoms. The van der Waals surface area contributed by atoms with Gasteiger partial charge in [0.15, 0.2) is 0 Å². The number of hydrogen-bond acceptors (Lipinski definition) is 4. The lowest BCUT2D eigenvalue weighted by molar-refractivity contribution is -0.000693. The molecule has 1 aromatic carbocycles. The van der Waals surface area contributed by atoms with Crippen molar-refractivity contribution < 1.29 is 9.84 Å².